The predicted molar refractivity (Wildman–Crippen MR) is 80.3 cm³/mol. The number of aliphatic hydroxyl groups is 2. The van der Waals surface area contributed by atoms with E-state index in [4.69, 9.17) is 0 Å². The third-order valence-corrected chi connectivity index (χ3v) is 3.34. The van der Waals surface area contributed by atoms with Gasteiger partial charge in [-0.15, -0.1) is 0 Å². The summed E-state index contributed by atoms with van der Waals surface area (Å²) in [5.74, 6) is 0.248. The fraction of sp³-hybridized carbons (Fsp3) is 0.812. The van der Waals surface area contributed by atoms with E-state index in [1.807, 2.05) is 13.0 Å². The van der Waals surface area contributed by atoms with Crippen LogP contribution >= 0.6 is 0 Å². The molecule has 0 aliphatic rings. The van der Waals surface area contributed by atoms with Crippen LogP contribution in [0.1, 0.15) is 53.9 Å². The molecule has 4 nitrogen and oxygen atoms in total. The largest absolute Gasteiger partial charge is 0.466 e. The summed E-state index contributed by atoms with van der Waals surface area (Å²) in [5.41, 5.74) is -0.239. The number of methoxy groups -OCH3 is 1. The molecule has 4 heteroatoms. The van der Waals surface area contributed by atoms with Crippen LogP contribution in [0.4, 0.5) is 0 Å². The Labute approximate surface area is 122 Å². The zero-order valence-corrected chi connectivity index (χ0v) is 13.6. The van der Waals surface area contributed by atoms with Crippen molar-refractivity contribution in [3.8, 4) is 0 Å². The highest BCUT2D eigenvalue weighted by atomic mass is 16.5. The Bertz CT molecular complexity index is 331. The van der Waals surface area contributed by atoms with Crippen LogP contribution in [-0.2, 0) is 9.53 Å². The molecule has 20 heavy (non-hydrogen) atoms. The molecule has 0 saturated carbocycles. The van der Waals surface area contributed by atoms with Gasteiger partial charge in [-0.2, -0.15) is 0 Å². The van der Waals surface area contributed by atoms with Gasteiger partial charge in [0.1, 0.15) is 0 Å². The van der Waals surface area contributed by atoms with Gasteiger partial charge in [-0.3, -0.25) is 0 Å². The van der Waals surface area contributed by atoms with Crippen molar-refractivity contribution >= 4 is 5.97 Å². The molecule has 0 rings (SSSR count). The van der Waals surface area contributed by atoms with Crippen LogP contribution in [0.5, 0.6) is 0 Å². The van der Waals surface area contributed by atoms with Gasteiger partial charge in [-0.05, 0) is 45.4 Å². The molecule has 0 radical (unpaired) electrons. The maximum absolute atomic E-state index is 11.3. The van der Waals surface area contributed by atoms with Crippen molar-refractivity contribution in [1.29, 1.82) is 0 Å². The molecule has 0 aromatic rings. The SMILES string of the molecule is COC(=O)/C(C)=C/C(C)CC(C)CC(C)(O)CC(C)O. The molecular formula is C16H30O4. The fourth-order valence-corrected chi connectivity index (χ4v) is 2.91. The Morgan fingerprint density at radius 3 is 2.30 bits per heavy atom. The van der Waals surface area contributed by atoms with Gasteiger partial charge in [-0.25, -0.2) is 4.79 Å². The maximum atomic E-state index is 11.3. The second kappa shape index (κ2) is 8.42. The number of ether oxygens (including phenoxy) is 1. The van der Waals surface area contributed by atoms with E-state index in [0.717, 1.165) is 6.42 Å². The van der Waals surface area contributed by atoms with E-state index in [2.05, 4.69) is 11.7 Å². The highest BCUT2D eigenvalue weighted by Crippen LogP contribution is 2.26. The Morgan fingerprint density at radius 1 is 1.30 bits per heavy atom. The van der Waals surface area contributed by atoms with Crippen molar-refractivity contribution in [3.63, 3.8) is 0 Å². The minimum atomic E-state index is -0.853. The minimum absolute atomic E-state index is 0.242. The number of hydrogen-bond donors (Lipinski definition) is 2. The highest BCUT2D eigenvalue weighted by molar-refractivity contribution is 5.87. The molecule has 0 spiro atoms. The minimum Gasteiger partial charge on any atom is -0.466 e. The Hall–Kier alpha value is -0.870. The second-order valence-electron chi connectivity index (χ2n) is 6.41. The first-order valence-corrected chi connectivity index (χ1v) is 7.24. The molecule has 2 N–H and O–H groups in total. The Balaban J connectivity index is 4.39. The van der Waals surface area contributed by atoms with Crippen LogP contribution < -0.4 is 0 Å². The molecule has 4 unspecified atom stereocenters. The predicted octanol–water partition coefficient (Wildman–Crippen LogP) is 2.68. The molecule has 0 aromatic carbocycles. The van der Waals surface area contributed by atoms with Crippen molar-refractivity contribution in [3.05, 3.63) is 11.6 Å². The molecule has 0 fully saturated rings. The van der Waals surface area contributed by atoms with Crippen molar-refractivity contribution in [2.75, 3.05) is 7.11 Å². The maximum Gasteiger partial charge on any atom is 0.333 e. The summed E-state index contributed by atoms with van der Waals surface area (Å²) >= 11 is 0. The number of rotatable bonds is 8. The lowest BCUT2D eigenvalue weighted by Gasteiger charge is -2.28. The summed E-state index contributed by atoms with van der Waals surface area (Å²) in [6.45, 7) is 9.32. The van der Waals surface area contributed by atoms with Gasteiger partial charge in [-0.1, -0.05) is 19.9 Å². The summed E-state index contributed by atoms with van der Waals surface area (Å²) < 4.78 is 4.67. The van der Waals surface area contributed by atoms with E-state index < -0.39 is 11.7 Å². The first-order chi connectivity index (χ1) is 9.07. The van der Waals surface area contributed by atoms with Gasteiger partial charge >= 0.3 is 5.97 Å². The van der Waals surface area contributed by atoms with Crippen LogP contribution in [0, 0.1) is 11.8 Å². The Kier molecular flexibility index (Phi) is 8.06. The molecule has 0 heterocycles. The number of allylic oxidation sites excluding steroid dienone is 1. The van der Waals surface area contributed by atoms with Crippen LogP contribution in [0.15, 0.2) is 11.6 Å². The lowest BCUT2D eigenvalue weighted by molar-refractivity contribution is -0.136. The van der Waals surface area contributed by atoms with Gasteiger partial charge in [0.05, 0.1) is 18.8 Å². The quantitative estimate of drug-likeness (QED) is 0.532. The number of esters is 1. The summed E-state index contributed by atoms with van der Waals surface area (Å²) in [5, 5.41) is 19.6. The molecule has 0 saturated heterocycles. The van der Waals surface area contributed by atoms with Gasteiger partial charge in [0, 0.05) is 12.0 Å². The first kappa shape index (κ1) is 19.1. The number of carbonyl (C=O) groups is 1. The zero-order chi connectivity index (χ0) is 15.9. The van der Waals surface area contributed by atoms with Gasteiger partial charge in [0.15, 0.2) is 0 Å². The Morgan fingerprint density at radius 2 is 1.85 bits per heavy atom. The average molecular weight is 286 g/mol. The van der Waals surface area contributed by atoms with E-state index >= 15 is 0 Å². The van der Waals surface area contributed by atoms with Crippen molar-refractivity contribution in [2.45, 2.75) is 65.6 Å². The lowest BCUT2D eigenvalue weighted by Crippen LogP contribution is -2.31. The normalized spacial score (nSPS) is 19.9. The molecule has 0 aromatic heterocycles. The molecular weight excluding hydrogens is 256 g/mol. The van der Waals surface area contributed by atoms with Crippen LogP contribution in [0.2, 0.25) is 0 Å². The average Bonchev–Trinajstić information content (AvgIpc) is 2.24. The molecule has 0 aliphatic heterocycles. The molecule has 0 bridgehead atoms. The number of carbonyl (C=O) groups excluding carboxylic acids is 1. The summed E-state index contributed by atoms with van der Waals surface area (Å²) in [4.78, 5) is 11.3. The van der Waals surface area contributed by atoms with Crippen molar-refractivity contribution in [1.82, 2.24) is 0 Å². The smallest absolute Gasteiger partial charge is 0.333 e. The lowest BCUT2D eigenvalue weighted by atomic mass is 9.84. The van der Waals surface area contributed by atoms with Crippen LogP contribution in [0.3, 0.4) is 0 Å². The number of aliphatic hydroxyl groups excluding tert-OH is 1. The summed E-state index contributed by atoms with van der Waals surface area (Å²) in [7, 11) is 1.38. The third-order valence-electron chi connectivity index (χ3n) is 3.34. The second-order valence-corrected chi connectivity index (χ2v) is 6.41. The van der Waals surface area contributed by atoms with Gasteiger partial charge in [0.2, 0.25) is 0 Å². The van der Waals surface area contributed by atoms with Crippen LogP contribution in [-0.4, -0.2) is 35.0 Å². The molecule has 4 atom stereocenters. The summed E-state index contributed by atoms with van der Waals surface area (Å²) in [6.07, 6.45) is 3.29. The van der Waals surface area contributed by atoms with Crippen molar-refractivity contribution < 1.29 is 19.7 Å². The van der Waals surface area contributed by atoms with Gasteiger partial charge in [0.25, 0.3) is 0 Å². The molecule has 0 aliphatic carbocycles. The third kappa shape index (κ3) is 8.33. The van der Waals surface area contributed by atoms with E-state index in [1.54, 1.807) is 20.8 Å². The van der Waals surface area contributed by atoms with Gasteiger partial charge < -0.3 is 14.9 Å². The van der Waals surface area contributed by atoms with E-state index in [9.17, 15) is 15.0 Å². The number of hydrogen-bond acceptors (Lipinski definition) is 4. The van der Waals surface area contributed by atoms with E-state index in [0.29, 0.717) is 24.3 Å². The fourth-order valence-electron chi connectivity index (χ4n) is 2.91. The molecule has 118 valence electrons. The summed E-state index contributed by atoms with van der Waals surface area (Å²) in [6, 6.07) is 0. The first-order valence-electron chi connectivity index (χ1n) is 7.24. The van der Waals surface area contributed by atoms with Crippen LogP contribution in [0.25, 0.3) is 0 Å². The van der Waals surface area contributed by atoms with Crippen molar-refractivity contribution in [2.24, 2.45) is 11.8 Å². The standard InChI is InChI=1S/C16H30O4/c1-11(8-13(3)15(18)20-6)7-12(2)9-16(5,19)10-14(4)17/h8,11-12,14,17,19H,7,9-10H2,1-6H3/b13-8+. The highest BCUT2D eigenvalue weighted by Gasteiger charge is 2.25. The molecule has 0 amide bonds. The zero-order valence-electron chi connectivity index (χ0n) is 13.6. The monoisotopic (exact) mass is 286 g/mol. The van der Waals surface area contributed by atoms with E-state index in [-0.39, 0.29) is 11.9 Å². The van der Waals surface area contributed by atoms with E-state index in [1.165, 1.54) is 7.11 Å². The topological polar surface area (TPSA) is 66.8 Å².